The number of nitrogens with zero attached hydrogens (tertiary/aromatic N) is 2. The first-order valence-electron chi connectivity index (χ1n) is 5.36. The van der Waals surface area contributed by atoms with Crippen LogP contribution in [-0.2, 0) is 0 Å². The summed E-state index contributed by atoms with van der Waals surface area (Å²) in [4.78, 5) is 26.7. The molecule has 1 aliphatic rings. The van der Waals surface area contributed by atoms with Crippen LogP contribution in [-0.4, -0.2) is 15.8 Å². The second-order valence-corrected chi connectivity index (χ2v) is 4.58. The highest BCUT2D eigenvalue weighted by molar-refractivity contribution is 6.30. The summed E-state index contributed by atoms with van der Waals surface area (Å²) in [5, 5.41) is 0.802. The van der Waals surface area contributed by atoms with Gasteiger partial charge in [-0.3, -0.25) is 9.59 Å². The molecule has 1 aliphatic carbocycles. The molecule has 2 aromatic heterocycles. The topological polar surface area (TPSA) is 52.0 Å². The Morgan fingerprint density at radius 2 is 2.24 bits per heavy atom. The third kappa shape index (κ3) is 1.65. The Labute approximate surface area is 102 Å². The zero-order valence-electron chi connectivity index (χ0n) is 8.89. The summed E-state index contributed by atoms with van der Waals surface area (Å²) >= 11 is 5.85. The Morgan fingerprint density at radius 1 is 1.47 bits per heavy atom. The van der Waals surface area contributed by atoms with E-state index in [2.05, 4.69) is 4.98 Å². The van der Waals surface area contributed by atoms with Crippen LogP contribution in [0, 0.1) is 0 Å². The van der Waals surface area contributed by atoms with Crippen molar-refractivity contribution in [3.8, 4) is 0 Å². The van der Waals surface area contributed by atoms with Crippen molar-refractivity contribution in [2.75, 3.05) is 0 Å². The van der Waals surface area contributed by atoms with Crippen LogP contribution in [0.15, 0.2) is 23.3 Å². The highest BCUT2D eigenvalue weighted by atomic mass is 35.5. The Balaban J connectivity index is 2.44. The quantitative estimate of drug-likeness (QED) is 0.605. The van der Waals surface area contributed by atoms with Crippen LogP contribution >= 0.6 is 11.6 Å². The SMILES string of the molecule is O=Cc1cn(C2CC2)c2cc(Cl)ncc2c1=O. The van der Waals surface area contributed by atoms with Gasteiger partial charge in [0.15, 0.2) is 6.29 Å². The maximum atomic E-state index is 11.9. The van der Waals surface area contributed by atoms with Gasteiger partial charge in [-0.1, -0.05) is 11.6 Å². The first-order valence-corrected chi connectivity index (χ1v) is 5.74. The maximum absolute atomic E-state index is 11.9. The van der Waals surface area contributed by atoms with Crippen molar-refractivity contribution < 1.29 is 4.79 Å². The van der Waals surface area contributed by atoms with Gasteiger partial charge in [0.25, 0.3) is 0 Å². The highest BCUT2D eigenvalue weighted by Gasteiger charge is 2.25. The van der Waals surface area contributed by atoms with Crippen molar-refractivity contribution in [1.82, 2.24) is 9.55 Å². The van der Waals surface area contributed by atoms with Crippen molar-refractivity contribution in [3.63, 3.8) is 0 Å². The minimum absolute atomic E-state index is 0.175. The van der Waals surface area contributed by atoms with E-state index < -0.39 is 0 Å². The van der Waals surface area contributed by atoms with Crippen molar-refractivity contribution in [1.29, 1.82) is 0 Å². The number of halogens is 1. The fourth-order valence-corrected chi connectivity index (χ4v) is 2.13. The van der Waals surface area contributed by atoms with Gasteiger partial charge < -0.3 is 4.57 Å². The average Bonchev–Trinajstić information content (AvgIpc) is 3.13. The zero-order chi connectivity index (χ0) is 12.0. The summed E-state index contributed by atoms with van der Waals surface area (Å²) in [6.07, 6.45) is 5.78. The molecule has 0 aromatic carbocycles. The summed E-state index contributed by atoms with van der Waals surface area (Å²) in [6.45, 7) is 0. The Hall–Kier alpha value is -1.68. The third-order valence-electron chi connectivity index (χ3n) is 2.98. The van der Waals surface area contributed by atoms with Gasteiger partial charge in [0, 0.05) is 18.4 Å². The molecule has 17 heavy (non-hydrogen) atoms. The van der Waals surface area contributed by atoms with E-state index in [0.29, 0.717) is 22.9 Å². The van der Waals surface area contributed by atoms with Gasteiger partial charge in [-0.2, -0.15) is 0 Å². The largest absolute Gasteiger partial charge is 0.343 e. The van der Waals surface area contributed by atoms with Gasteiger partial charge in [-0.15, -0.1) is 0 Å². The molecule has 1 fully saturated rings. The number of aldehydes is 1. The Kier molecular flexibility index (Phi) is 2.26. The standard InChI is InChI=1S/C12H9ClN2O2/c13-11-3-10-9(4-14-11)12(17)7(6-16)5-15(10)8-1-2-8/h3-6,8H,1-2H2. The van der Waals surface area contributed by atoms with Crippen LogP contribution < -0.4 is 5.43 Å². The van der Waals surface area contributed by atoms with Crippen LogP contribution in [0.5, 0.6) is 0 Å². The summed E-state index contributed by atoms with van der Waals surface area (Å²) in [5.41, 5.74) is 0.646. The molecule has 3 rings (SSSR count). The van der Waals surface area contributed by atoms with Crippen molar-refractivity contribution in [2.24, 2.45) is 0 Å². The first-order chi connectivity index (χ1) is 8.20. The fourth-order valence-electron chi connectivity index (χ4n) is 1.98. The van der Waals surface area contributed by atoms with E-state index in [-0.39, 0.29) is 11.0 Å². The lowest BCUT2D eigenvalue weighted by Crippen LogP contribution is -2.14. The van der Waals surface area contributed by atoms with Gasteiger partial charge in [-0.05, 0) is 18.9 Å². The number of fused-ring (bicyclic) bond motifs is 1. The molecule has 5 heteroatoms. The summed E-state index contributed by atoms with van der Waals surface area (Å²) < 4.78 is 1.95. The number of aromatic nitrogens is 2. The van der Waals surface area contributed by atoms with Crippen LogP contribution in [0.2, 0.25) is 5.15 Å². The van der Waals surface area contributed by atoms with Crippen LogP contribution in [0.3, 0.4) is 0 Å². The highest BCUT2D eigenvalue weighted by Crippen LogP contribution is 2.36. The summed E-state index contributed by atoms with van der Waals surface area (Å²) in [7, 11) is 0. The van der Waals surface area contributed by atoms with Gasteiger partial charge in [0.1, 0.15) is 5.15 Å². The van der Waals surface area contributed by atoms with Gasteiger partial charge in [0.2, 0.25) is 5.43 Å². The molecule has 0 spiro atoms. The predicted molar refractivity (Wildman–Crippen MR) is 64.7 cm³/mol. The molecule has 0 atom stereocenters. The van der Waals surface area contributed by atoms with Crippen molar-refractivity contribution in [3.05, 3.63) is 39.4 Å². The average molecular weight is 249 g/mol. The molecule has 1 saturated carbocycles. The van der Waals surface area contributed by atoms with Crippen molar-refractivity contribution in [2.45, 2.75) is 18.9 Å². The lowest BCUT2D eigenvalue weighted by atomic mass is 10.2. The van der Waals surface area contributed by atoms with E-state index in [9.17, 15) is 9.59 Å². The number of carbonyl (C=O) groups excluding carboxylic acids is 1. The molecule has 86 valence electrons. The van der Waals surface area contributed by atoms with Gasteiger partial charge >= 0.3 is 0 Å². The summed E-state index contributed by atoms with van der Waals surface area (Å²) in [6, 6.07) is 2.04. The molecule has 0 radical (unpaired) electrons. The summed E-state index contributed by atoms with van der Waals surface area (Å²) in [5.74, 6) is 0. The number of carbonyl (C=O) groups is 1. The molecule has 0 amide bonds. The minimum Gasteiger partial charge on any atom is -0.343 e. The normalized spacial score (nSPS) is 15.1. The Morgan fingerprint density at radius 3 is 2.88 bits per heavy atom. The number of pyridine rings is 2. The molecule has 0 bridgehead atoms. The molecular formula is C12H9ClN2O2. The van der Waals surface area contributed by atoms with Crippen molar-refractivity contribution >= 4 is 28.8 Å². The minimum atomic E-state index is -0.281. The zero-order valence-corrected chi connectivity index (χ0v) is 9.65. The van der Waals surface area contributed by atoms with E-state index in [4.69, 9.17) is 11.6 Å². The first kappa shape index (κ1) is 10.5. The van der Waals surface area contributed by atoms with Gasteiger partial charge in [-0.25, -0.2) is 4.98 Å². The van der Waals surface area contributed by atoms with E-state index >= 15 is 0 Å². The molecule has 0 aliphatic heterocycles. The van der Waals surface area contributed by atoms with Crippen LogP contribution in [0.4, 0.5) is 0 Å². The molecule has 0 saturated heterocycles. The van der Waals surface area contributed by atoms with Crippen LogP contribution in [0.1, 0.15) is 29.2 Å². The lowest BCUT2D eigenvalue weighted by Gasteiger charge is -2.10. The molecule has 0 unspecified atom stereocenters. The molecule has 0 N–H and O–H groups in total. The monoisotopic (exact) mass is 248 g/mol. The molecule has 2 heterocycles. The van der Waals surface area contributed by atoms with E-state index in [1.165, 1.54) is 6.20 Å². The van der Waals surface area contributed by atoms with Crippen LogP contribution in [0.25, 0.3) is 10.9 Å². The molecule has 2 aromatic rings. The van der Waals surface area contributed by atoms with Gasteiger partial charge in [0.05, 0.1) is 16.5 Å². The van der Waals surface area contributed by atoms with E-state index in [1.54, 1.807) is 12.3 Å². The molecule has 4 nitrogen and oxygen atoms in total. The predicted octanol–water partition coefficient (Wildman–Crippen LogP) is 2.20. The second-order valence-electron chi connectivity index (χ2n) is 4.19. The second kappa shape index (κ2) is 3.67. The smallest absolute Gasteiger partial charge is 0.201 e. The lowest BCUT2D eigenvalue weighted by molar-refractivity contribution is 0.112. The van der Waals surface area contributed by atoms with E-state index in [1.807, 2.05) is 4.57 Å². The maximum Gasteiger partial charge on any atom is 0.201 e. The third-order valence-corrected chi connectivity index (χ3v) is 3.19. The number of rotatable bonds is 2. The Bertz CT molecular complexity index is 674. The number of hydrogen-bond acceptors (Lipinski definition) is 3. The fraction of sp³-hybridized carbons (Fsp3) is 0.250. The van der Waals surface area contributed by atoms with E-state index in [0.717, 1.165) is 18.4 Å². The molecular weight excluding hydrogens is 240 g/mol. The number of hydrogen-bond donors (Lipinski definition) is 0.